The van der Waals surface area contributed by atoms with Crippen molar-refractivity contribution in [3.05, 3.63) is 81.5 Å². The molecule has 5 rings (SSSR count). The van der Waals surface area contributed by atoms with E-state index < -0.39 is 42.6 Å². The molecule has 0 bridgehead atoms. The van der Waals surface area contributed by atoms with Crippen LogP contribution in [0.1, 0.15) is 60.4 Å². The Morgan fingerprint density at radius 2 is 1.86 bits per heavy atom. The number of ether oxygens (including phenoxy) is 1. The van der Waals surface area contributed by atoms with Crippen LogP contribution in [0.2, 0.25) is 10.0 Å². The minimum Gasteiger partial charge on any atom is -0.481 e. The maximum atomic E-state index is 13.9. The van der Waals surface area contributed by atoms with Crippen LogP contribution >= 0.6 is 23.2 Å². The molecule has 35 heavy (non-hydrogen) atoms. The molecule has 1 amide bonds. The van der Waals surface area contributed by atoms with Crippen LogP contribution in [-0.2, 0) is 14.3 Å². The van der Waals surface area contributed by atoms with E-state index in [1.165, 1.54) is 0 Å². The SMILES string of the molecule is Cc1nnc([C@H](C2CC2)N2C(=O)[C@H](CC(=O)O)O[C@@H](c3cccc(Cl)c3)[C@H]2c2ccc(Cl)cc2)o1. The van der Waals surface area contributed by atoms with Gasteiger partial charge in [0.1, 0.15) is 18.2 Å². The average Bonchev–Trinajstić information content (AvgIpc) is 3.56. The molecule has 2 aliphatic rings. The molecule has 1 aliphatic carbocycles. The number of amides is 1. The molecule has 3 aromatic rings. The van der Waals surface area contributed by atoms with E-state index >= 15 is 0 Å². The third-order valence-electron chi connectivity index (χ3n) is 6.34. The third kappa shape index (κ3) is 4.91. The normalized spacial score (nSPS) is 23.3. The van der Waals surface area contributed by atoms with Crippen LogP contribution in [0.4, 0.5) is 0 Å². The number of hydrogen-bond donors (Lipinski definition) is 1. The van der Waals surface area contributed by atoms with Gasteiger partial charge in [-0.1, -0.05) is 47.5 Å². The fourth-order valence-corrected chi connectivity index (χ4v) is 5.02. The van der Waals surface area contributed by atoms with E-state index in [-0.39, 0.29) is 5.92 Å². The summed E-state index contributed by atoms with van der Waals surface area (Å²) in [5, 5.41) is 18.8. The van der Waals surface area contributed by atoms with Gasteiger partial charge in [0.25, 0.3) is 5.91 Å². The molecule has 1 saturated heterocycles. The molecular formula is C25H23Cl2N3O5. The van der Waals surface area contributed by atoms with E-state index in [1.54, 1.807) is 42.2 Å². The zero-order valence-electron chi connectivity index (χ0n) is 18.8. The maximum absolute atomic E-state index is 13.9. The topological polar surface area (TPSA) is 106 Å². The first kappa shape index (κ1) is 23.8. The van der Waals surface area contributed by atoms with E-state index in [0.29, 0.717) is 21.8 Å². The van der Waals surface area contributed by atoms with Gasteiger partial charge in [0.05, 0.1) is 12.5 Å². The fraction of sp³-hybridized carbons (Fsp3) is 0.360. The quantitative estimate of drug-likeness (QED) is 0.453. The Balaban J connectivity index is 1.69. The van der Waals surface area contributed by atoms with Gasteiger partial charge in [0.15, 0.2) is 0 Å². The second-order valence-corrected chi connectivity index (χ2v) is 9.75. The molecule has 0 spiro atoms. The Hall–Kier alpha value is -2.94. The molecular weight excluding hydrogens is 493 g/mol. The number of carboxylic acid groups (broad SMARTS) is 1. The molecule has 8 nitrogen and oxygen atoms in total. The van der Waals surface area contributed by atoms with Crippen molar-refractivity contribution in [1.82, 2.24) is 15.1 Å². The van der Waals surface area contributed by atoms with Gasteiger partial charge < -0.3 is 19.2 Å². The molecule has 1 saturated carbocycles. The summed E-state index contributed by atoms with van der Waals surface area (Å²) in [6.45, 7) is 1.69. The van der Waals surface area contributed by atoms with Gasteiger partial charge in [0, 0.05) is 17.0 Å². The van der Waals surface area contributed by atoms with Crippen LogP contribution in [0.5, 0.6) is 0 Å². The zero-order valence-corrected chi connectivity index (χ0v) is 20.3. The van der Waals surface area contributed by atoms with Gasteiger partial charge in [0.2, 0.25) is 11.8 Å². The average molecular weight is 516 g/mol. The molecule has 182 valence electrons. The summed E-state index contributed by atoms with van der Waals surface area (Å²) in [7, 11) is 0. The second-order valence-electron chi connectivity index (χ2n) is 8.88. The lowest BCUT2D eigenvalue weighted by molar-refractivity contribution is -0.185. The number of aromatic nitrogens is 2. The molecule has 1 N–H and O–H groups in total. The number of aryl methyl sites for hydroxylation is 1. The first-order chi connectivity index (χ1) is 16.8. The lowest BCUT2D eigenvalue weighted by Crippen LogP contribution is -2.53. The number of carboxylic acids is 1. The number of benzene rings is 2. The van der Waals surface area contributed by atoms with E-state index in [2.05, 4.69) is 10.2 Å². The molecule has 0 radical (unpaired) electrons. The first-order valence-corrected chi connectivity index (χ1v) is 12.1. The second kappa shape index (κ2) is 9.60. The van der Waals surface area contributed by atoms with Crippen molar-refractivity contribution >= 4 is 35.1 Å². The Morgan fingerprint density at radius 3 is 2.46 bits per heavy atom. The summed E-state index contributed by atoms with van der Waals surface area (Å²) < 4.78 is 12.1. The summed E-state index contributed by atoms with van der Waals surface area (Å²) in [6.07, 6.45) is -0.585. The lowest BCUT2D eigenvalue weighted by Gasteiger charge is -2.47. The van der Waals surface area contributed by atoms with Crippen molar-refractivity contribution in [2.75, 3.05) is 0 Å². The summed E-state index contributed by atoms with van der Waals surface area (Å²) in [5.41, 5.74) is 1.50. The third-order valence-corrected chi connectivity index (χ3v) is 6.83. The predicted octanol–water partition coefficient (Wildman–Crippen LogP) is 5.32. The van der Waals surface area contributed by atoms with Gasteiger partial charge in [-0.15, -0.1) is 10.2 Å². The summed E-state index contributed by atoms with van der Waals surface area (Å²) in [5.74, 6) is -0.730. The van der Waals surface area contributed by atoms with Crippen molar-refractivity contribution in [1.29, 1.82) is 0 Å². The molecule has 2 fully saturated rings. The Kier molecular flexibility index (Phi) is 6.53. The number of aliphatic carboxylic acids is 1. The fourth-order valence-electron chi connectivity index (χ4n) is 4.69. The molecule has 1 aromatic heterocycles. The van der Waals surface area contributed by atoms with E-state index in [0.717, 1.165) is 24.0 Å². The number of nitrogens with zero attached hydrogens (tertiary/aromatic N) is 3. The number of hydrogen-bond acceptors (Lipinski definition) is 6. The highest BCUT2D eigenvalue weighted by molar-refractivity contribution is 6.30. The summed E-state index contributed by atoms with van der Waals surface area (Å²) in [6, 6.07) is 13.2. The molecule has 10 heteroatoms. The summed E-state index contributed by atoms with van der Waals surface area (Å²) >= 11 is 12.5. The monoisotopic (exact) mass is 515 g/mol. The van der Waals surface area contributed by atoms with Crippen molar-refractivity contribution in [3.63, 3.8) is 0 Å². The highest BCUT2D eigenvalue weighted by atomic mass is 35.5. The number of halogens is 2. The van der Waals surface area contributed by atoms with Crippen LogP contribution in [0, 0.1) is 12.8 Å². The number of carbonyl (C=O) groups excluding carboxylic acids is 1. The van der Waals surface area contributed by atoms with Crippen LogP contribution < -0.4 is 0 Å². The number of carbonyl (C=O) groups is 2. The van der Waals surface area contributed by atoms with E-state index in [4.69, 9.17) is 32.4 Å². The van der Waals surface area contributed by atoms with Crippen molar-refractivity contribution in [2.24, 2.45) is 5.92 Å². The minimum atomic E-state index is -1.19. The zero-order chi connectivity index (χ0) is 24.7. The predicted molar refractivity (Wildman–Crippen MR) is 127 cm³/mol. The highest BCUT2D eigenvalue weighted by Gasteiger charge is 2.52. The smallest absolute Gasteiger partial charge is 0.306 e. The van der Waals surface area contributed by atoms with Crippen LogP contribution in [0.25, 0.3) is 0 Å². The maximum Gasteiger partial charge on any atom is 0.306 e. The van der Waals surface area contributed by atoms with Crippen molar-refractivity contribution < 1.29 is 23.8 Å². The molecule has 0 unspecified atom stereocenters. The molecule has 2 aromatic carbocycles. The van der Waals surface area contributed by atoms with E-state index in [9.17, 15) is 14.7 Å². The summed E-state index contributed by atoms with van der Waals surface area (Å²) in [4.78, 5) is 27.3. The molecule has 1 aliphatic heterocycles. The van der Waals surface area contributed by atoms with E-state index in [1.807, 2.05) is 18.2 Å². The van der Waals surface area contributed by atoms with Crippen LogP contribution in [0.15, 0.2) is 52.9 Å². The Bertz CT molecular complexity index is 1240. The van der Waals surface area contributed by atoms with Gasteiger partial charge in [-0.3, -0.25) is 9.59 Å². The van der Waals surface area contributed by atoms with Gasteiger partial charge in [-0.25, -0.2) is 0 Å². The minimum absolute atomic E-state index is 0.109. The van der Waals surface area contributed by atoms with Crippen LogP contribution in [0.3, 0.4) is 0 Å². The Labute approximate surface area is 211 Å². The largest absolute Gasteiger partial charge is 0.481 e. The molecule has 4 atom stereocenters. The number of morpholine rings is 1. The van der Waals surface area contributed by atoms with Gasteiger partial charge in [-0.05, 0) is 54.2 Å². The molecule has 2 heterocycles. The van der Waals surface area contributed by atoms with Gasteiger partial charge >= 0.3 is 5.97 Å². The number of rotatable bonds is 7. The van der Waals surface area contributed by atoms with Crippen molar-refractivity contribution in [3.8, 4) is 0 Å². The lowest BCUT2D eigenvalue weighted by atomic mass is 9.89. The van der Waals surface area contributed by atoms with Crippen LogP contribution in [-0.4, -0.2) is 38.2 Å². The highest BCUT2D eigenvalue weighted by Crippen LogP contribution is 2.52. The first-order valence-electron chi connectivity index (χ1n) is 11.3. The van der Waals surface area contributed by atoms with Gasteiger partial charge in [-0.2, -0.15) is 0 Å². The standard InChI is InChI=1S/C25H23Cl2N3O5/c1-13-28-29-24(34-13)22(15-5-6-15)30-21(14-7-9-17(26)10-8-14)23(16-3-2-4-18(27)11-16)35-19(25(30)33)12-20(31)32/h2-4,7-11,15,19,21-23H,5-6,12H2,1H3,(H,31,32)/t19-,21+,22-,23-/m0/s1. The van der Waals surface area contributed by atoms with Crippen molar-refractivity contribution in [2.45, 2.75) is 50.5 Å². The Morgan fingerprint density at radius 1 is 1.11 bits per heavy atom.